The maximum atomic E-state index is 15.3. The van der Waals surface area contributed by atoms with Gasteiger partial charge in [0.2, 0.25) is 0 Å². The van der Waals surface area contributed by atoms with E-state index in [0.717, 1.165) is 102 Å². The van der Waals surface area contributed by atoms with Gasteiger partial charge in [-0.25, -0.2) is 0 Å². The van der Waals surface area contributed by atoms with Crippen LogP contribution in [0.2, 0.25) is 0 Å². The van der Waals surface area contributed by atoms with E-state index in [4.69, 9.17) is 11.5 Å². The van der Waals surface area contributed by atoms with Crippen LogP contribution in [0, 0.1) is 11.8 Å². The van der Waals surface area contributed by atoms with Crippen molar-refractivity contribution in [1.29, 1.82) is 0 Å². The lowest BCUT2D eigenvalue weighted by molar-refractivity contribution is -0.124. The molecule has 56 heavy (non-hydrogen) atoms. The summed E-state index contributed by atoms with van der Waals surface area (Å²) in [6, 6.07) is 16.6. The molecular weight excluding hydrogens is 769 g/mol. The van der Waals surface area contributed by atoms with Gasteiger partial charge in [0.05, 0.1) is 42.3 Å². The van der Waals surface area contributed by atoms with Gasteiger partial charge in [0.25, 0.3) is 11.8 Å². The summed E-state index contributed by atoms with van der Waals surface area (Å²) < 4.78 is 0. The fourth-order valence-corrected chi connectivity index (χ4v) is 12.2. The number of rotatable bonds is 24. The summed E-state index contributed by atoms with van der Waals surface area (Å²) in [4.78, 5) is 41.1. The first-order valence-corrected chi connectivity index (χ1v) is 24.6. The predicted octanol–water partition coefficient (Wildman–Crippen LogP) is 13.8. The lowest BCUT2D eigenvalue weighted by atomic mass is 9.94. The standard InChI is InChI=1S/C46H62N4O2S4/c1-5-9-13-15-19-31(17-11-7-3)29-49-43(37-23-21-33(53-37)35-25-27-39(47)55-35)41-42(45(49)51)44(38-24-22-34(54-38)36-26-28-40(48)56-36)50(46(41)52)30-32(18-12-8-4)20-16-14-10-6-2/h21-28,31-32H,5-20,29-30,47-48H2,1-4H3. The SMILES string of the molecule is CCCCCCC(CCCC)CN1C(=O)C2=C(c3ccc(-c4ccc(N)s4)s3)N(CC(CCCC)CCCCCC)C(=O)C2=C1c1ccc(-c2ccc(N)s2)s1. The van der Waals surface area contributed by atoms with Gasteiger partial charge in [-0.1, -0.05) is 105 Å². The fraction of sp³-hybridized carbons (Fsp3) is 0.522. The molecule has 10 heteroatoms. The maximum absolute atomic E-state index is 15.3. The van der Waals surface area contributed by atoms with Crippen LogP contribution in [0.3, 0.4) is 0 Å². The minimum absolute atomic E-state index is 0.0189. The highest BCUT2D eigenvalue weighted by Gasteiger charge is 2.50. The molecule has 2 amide bonds. The van der Waals surface area contributed by atoms with Crippen LogP contribution in [0.25, 0.3) is 30.9 Å². The Labute approximate surface area is 351 Å². The third-order valence-electron chi connectivity index (χ3n) is 11.3. The van der Waals surface area contributed by atoms with Crippen LogP contribution in [-0.2, 0) is 9.59 Å². The molecule has 0 saturated heterocycles. The van der Waals surface area contributed by atoms with Gasteiger partial charge in [-0.15, -0.1) is 45.3 Å². The Morgan fingerprint density at radius 3 is 1.14 bits per heavy atom. The van der Waals surface area contributed by atoms with E-state index in [0.29, 0.717) is 36.1 Å². The van der Waals surface area contributed by atoms with E-state index in [1.165, 1.54) is 51.4 Å². The third-order valence-corrected chi connectivity index (χ3v) is 15.7. The summed E-state index contributed by atoms with van der Waals surface area (Å²) in [5.74, 6) is 0.705. The summed E-state index contributed by atoms with van der Waals surface area (Å²) >= 11 is 6.48. The molecule has 4 N–H and O–H groups in total. The first-order valence-electron chi connectivity index (χ1n) is 21.3. The summed E-state index contributed by atoms with van der Waals surface area (Å²) in [5.41, 5.74) is 15.1. The van der Waals surface area contributed by atoms with Gasteiger partial charge >= 0.3 is 0 Å². The van der Waals surface area contributed by atoms with Gasteiger partial charge < -0.3 is 21.3 Å². The summed E-state index contributed by atoms with van der Waals surface area (Å²) in [5, 5.41) is 1.56. The molecule has 0 bridgehead atoms. The fourth-order valence-electron chi connectivity index (χ4n) is 8.30. The van der Waals surface area contributed by atoms with E-state index in [1.807, 2.05) is 21.9 Å². The highest BCUT2D eigenvalue weighted by atomic mass is 32.1. The molecule has 0 aliphatic carbocycles. The molecule has 0 spiro atoms. The molecule has 4 aromatic heterocycles. The summed E-state index contributed by atoms with van der Waals surface area (Å²) in [7, 11) is 0. The summed E-state index contributed by atoms with van der Waals surface area (Å²) in [6.07, 6.45) is 18.5. The van der Waals surface area contributed by atoms with Crippen molar-refractivity contribution in [3.05, 3.63) is 69.4 Å². The third kappa shape index (κ3) is 9.91. The Bertz CT molecular complexity index is 1840. The highest BCUT2D eigenvalue weighted by Crippen LogP contribution is 2.51. The van der Waals surface area contributed by atoms with E-state index in [-0.39, 0.29) is 11.8 Å². The van der Waals surface area contributed by atoms with E-state index >= 15 is 9.59 Å². The molecule has 0 radical (unpaired) electrons. The second kappa shape index (κ2) is 20.5. The van der Waals surface area contributed by atoms with Crippen molar-refractivity contribution in [3.63, 3.8) is 0 Å². The zero-order valence-corrected chi connectivity index (χ0v) is 37.3. The van der Waals surface area contributed by atoms with Crippen LogP contribution >= 0.6 is 45.3 Å². The molecule has 2 unspecified atom stereocenters. The minimum Gasteiger partial charge on any atom is -0.391 e. The Hall–Kier alpha value is -3.18. The molecule has 2 aliphatic heterocycles. The molecule has 0 fully saturated rings. The number of carbonyl (C=O) groups is 2. The Morgan fingerprint density at radius 2 is 0.786 bits per heavy atom. The van der Waals surface area contributed by atoms with E-state index in [1.54, 1.807) is 45.3 Å². The highest BCUT2D eigenvalue weighted by molar-refractivity contribution is 7.25. The number of nitrogen functional groups attached to an aromatic ring is 2. The molecule has 0 aromatic carbocycles. The van der Waals surface area contributed by atoms with E-state index < -0.39 is 0 Å². The second-order valence-electron chi connectivity index (χ2n) is 15.7. The van der Waals surface area contributed by atoms with E-state index in [9.17, 15) is 0 Å². The van der Waals surface area contributed by atoms with Gasteiger partial charge in [-0.3, -0.25) is 9.59 Å². The quantitative estimate of drug-likeness (QED) is 0.0688. The number of unbranched alkanes of at least 4 members (excludes halogenated alkanes) is 8. The van der Waals surface area contributed by atoms with Crippen molar-refractivity contribution in [2.45, 2.75) is 130 Å². The average molecular weight is 831 g/mol. The molecule has 6 rings (SSSR count). The normalized spacial score (nSPS) is 15.6. The van der Waals surface area contributed by atoms with E-state index in [2.05, 4.69) is 64.1 Å². The monoisotopic (exact) mass is 830 g/mol. The first-order chi connectivity index (χ1) is 27.3. The van der Waals surface area contributed by atoms with Crippen LogP contribution < -0.4 is 11.5 Å². The zero-order valence-electron chi connectivity index (χ0n) is 34.0. The number of amides is 2. The number of hydrogen-bond donors (Lipinski definition) is 2. The van der Waals surface area contributed by atoms with Gasteiger partial charge in [0, 0.05) is 32.6 Å². The van der Waals surface area contributed by atoms with Gasteiger partial charge in [0.15, 0.2) is 0 Å². The molecule has 2 aliphatic rings. The number of carbonyl (C=O) groups excluding carboxylic acids is 2. The van der Waals surface area contributed by atoms with Gasteiger partial charge in [-0.2, -0.15) is 0 Å². The number of fused-ring (bicyclic) bond motifs is 1. The largest absolute Gasteiger partial charge is 0.391 e. The smallest absolute Gasteiger partial charge is 0.261 e. The molecule has 4 aromatic rings. The molecule has 302 valence electrons. The summed E-state index contributed by atoms with van der Waals surface area (Å²) in [6.45, 7) is 10.3. The van der Waals surface area contributed by atoms with Gasteiger partial charge in [-0.05, 0) is 86.1 Å². The number of nitrogens with two attached hydrogens (primary N) is 2. The van der Waals surface area contributed by atoms with Crippen LogP contribution in [0.4, 0.5) is 10.0 Å². The van der Waals surface area contributed by atoms with Crippen molar-refractivity contribution in [2.75, 3.05) is 24.6 Å². The average Bonchev–Trinajstić information content (AvgIpc) is 4.06. The van der Waals surface area contributed by atoms with Gasteiger partial charge in [0.1, 0.15) is 0 Å². The molecular formula is C46H62N4O2S4. The van der Waals surface area contributed by atoms with Crippen molar-refractivity contribution in [3.8, 4) is 19.5 Å². The van der Waals surface area contributed by atoms with Crippen LogP contribution in [-0.4, -0.2) is 34.7 Å². The zero-order chi connectivity index (χ0) is 39.6. The number of anilines is 2. The molecule has 0 saturated carbocycles. The predicted molar refractivity (Wildman–Crippen MR) is 245 cm³/mol. The van der Waals surface area contributed by atoms with Crippen molar-refractivity contribution in [1.82, 2.24) is 9.80 Å². The topological polar surface area (TPSA) is 92.7 Å². The minimum atomic E-state index is -0.0189. The lowest BCUT2D eigenvalue weighted by Crippen LogP contribution is -2.34. The maximum Gasteiger partial charge on any atom is 0.261 e. The van der Waals surface area contributed by atoms with Crippen molar-refractivity contribution < 1.29 is 9.59 Å². The van der Waals surface area contributed by atoms with Crippen LogP contribution in [0.15, 0.2) is 59.7 Å². The second-order valence-corrected chi connectivity index (χ2v) is 20.1. The van der Waals surface area contributed by atoms with Crippen LogP contribution in [0.5, 0.6) is 0 Å². The molecule has 6 heterocycles. The number of hydrogen-bond acceptors (Lipinski definition) is 8. The van der Waals surface area contributed by atoms with Crippen LogP contribution in [0.1, 0.15) is 140 Å². The Morgan fingerprint density at radius 1 is 0.446 bits per heavy atom. The number of nitrogens with zero attached hydrogens (tertiary/aromatic N) is 2. The Balaban J connectivity index is 1.47. The van der Waals surface area contributed by atoms with Crippen molar-refractivity contribution in [2.24, 2.45) is 11.8 Å². The first kappa shape index (κ1) is 42.4. The Kier molecular flexibility index (Phi) is 15.5. The van der Waals surface area contributed by atoms with Crippen molar-refractivity contribution >= 4 is 78.6 Å². The number of thiophene rings is 4. The molecule has 6 nitrogen and oxygen atoms in total. The lowest BCUT2D eigenvalue weighted by Gasteiger charge is -2.29. The molecule has 2 atom stereocenters.